The Hall–Kier alpha value is -4.08. The van der Waals surface area contributed by atoms with E-state index in [0.717, 1.165) is 55.8 Å². The quantitative estimate of drug-likeness (QED) is 0.103. The highest BCUT2D eigenvalue weighted by Crippen LogP contribution is 2.33. The number of thiazole rings is 2. The van der Waals surface area contributed by atoms with Crippen LogP contribution in [0, 0.1) is 0 Å². The lowest BCUT2D eigenvalue weighted by molar-refractivity contribution is 0.384. The minimum Gasteiger partial charge on any atom is -0.497 e. The molecule has 2 fully saturated rings. The average Bonchev–Trinajstić information content (AvgIpc) is 3.99. The molecule has 0 atom stereocenters. The zero-order chi connectivity index (χ0) is 47.2. The van der Waals surface area contributed by atoms with Gasteiger partial charge in [-0.15, -0.1) is 22.7 Å². The number of ether oxygens (including phenoxy) is 4. The fourth-order valence-corrected chi connectivity index (χ4v) is 13.4. The molecule has 4 aromatic carbocycles. The van der Waals surface area contributed by atoms with Gasteiger partial charge in [-0.25, -0.2) is 26.8 Å². The Balaban J connectivity index is 0.000000196. The molecular formula is C44H46Cl4N6O8S4. The number of nitrogens with zero attached hydrogens (tertiary/aromatic N) is 6. The van der Waals surface area contributed by atoms with Crippen molar-refractivity contribution < 1.29 is 35.8 Å². The Morgan fingerprint density at radius 1 is 0.500 bits per heavy atom. The van der Waals surface area contributed by atoms with Crippen molar-refractivity contribution in [1.82, 2.24) is 18.6 Å². The Morgan fingerprint density at radius 2 is 0.909 bits per heavy atom. The Morgan fingerprint density at radius 3 is 1.33 bits per heavy atom. The third-order valence-electron chi connectivity index (χ3n) is 10.8. The normalized spacial score (nSPS) is 15.0. The molecule has 14 nitrogen and oxygen atoms in total. The number of hydrogen-bond donors (Lipinski definition) is 0. The lowest BCUT2D eigenvalue weighted by Crippen LogP contribution is -2.48. The number of halogens is 4. The topological polar surface area (TPSA) is 144 Å². The van der Waals surface area contributed by atoms with Crippen LogP contribution < -0.4 is 28.7 Å². The van der Waals surface area contributed by atoms with E-state index >= 15 is 0 Å². The monoisotopic (exact) mass is 1050 g/mol. The first-order chi connectivity index (χ1) is 31.6. The van der Waals surface area contributed by atoms with Gasteiger partial charge in [-0.3, -0.25) is 0 Å². The zero-order valence-electron chi connectivity index (χ0n) is 36.2. The molecule has 2 aliphatic heterocycles. The van der Waals surface area contributed by atoms with E-state index in [9.17, 15) is 16.8 Å². The van der Waals surface area contributed by atoms with Gasteiger partial charge in [-0.1, -0.05) is 52.5 Å². The Bertz CT molecular complexity index is 2830. The largest absolute Gasteiger partial charge is 0.497 e. The summed E-state index contributed by atoms with van der Waals surface area (Å²) >= 11 is 27.1. The molecule has 0 saturated carbocycles. The van der Waals surface area contributed by atoms with Crippen LogP contribution in [0.5, 0.6) is 23.0 Å². The second-order valence-corrected chi connectivity index (χ2v) is 22.2. The van der Waals surface area contributed by atoms with Crippen molar-refractivity contribution in [2.24, 2.45) is 0 Å². The maximum Gasteiger partial charge on any atom is 0.243 e. The lowest BCUT2D eigenvalue weighted by atomic mass is 10.1. The van der Waals surface area contributed by atoms with Crippen molar-refractivity contribution in [1.29, 1.82) is 0 Å². The molecule has 0 N–H and O–H groups in total. The minimum atomic E-state index is -3.67. The van der Waals surface area contributed by atoms with Crippen molar-refractivity contribution in [3.8, 4) is 23.0 Å². The van der Waals surface area contributed by atoms with Crippen LogP contribution in [-0.2, 0) is 32.9 Å². The molecule has 0 spiro atoms. The molecule has 0 radical (unpaired) electrons. The van der Waals surface area contributed by atoms with E-state index in [-0.39, 0.29) is 9.79 Å². The van der Waals surface area contributed by atoms with Gasteiger partial charge in [0.2, 0.25) is 20.0 Å². The summed E-state index contributed by atoms with van der Waals surface area (Å²) in [6.45, 7) is 3.60. The predicted octanol–water partition coefficient (Wildman–Crippen LogP) is 9.14. The molecule has 0 bridgehead atoms. The lowest BCUT2D eigenvalue weighted by Gasteiger charge is -2.33. The van der Waals surface area contributed by atoms with Gasteiger partial charge in [-0.2, -0.15) is 8.61 Å². The number of rotatable bonds is 14. The predicted molar refractivity (Wildman–Crippen MR) is 264 cm³/mol. The highest BCUT2D eigenvalue weighted by atomic mass is 35.5. The van der Waals surface area contributed by atoms with E-state index in [2.05, 4.69) is 9.80 Å². The minimum absolute atomic E-state index is 0.109. The van der Waals surface area contributed by atoms with Crippen LogP contribution in [0.15, 0.2) is 93.3 Å². The molecule has 2 aromatic heterocycles. The number of piperazine rings is 2. The SMILES string of the molecule is COc1ccc(Cc2csc(N3CCN(S(=O)(=O)c4cc(Cl)cc(Cl)c4)CC3)n2)c(OC)c1.COc1ccc(OC)c(Cc2csc(N3CCN(S(=O)(=O)c4cc(Cl)cc(Cl)c4)CC3)n2)c1. The molecule has 2 aliphatic rings. The molecule has 352 valence electrons. The highest BCUT2D eigenvalue weighted by Gasteiger charge is 2.31. The molecule has 0 amide bonds. The third-order valence-corrected chi connectivity index (χ3v) is 17.3. The number of sulfonamides is 2. The van der Waals surface area contributed by atoms with Crippen LogP contribution in [0.25, 0.3) is 0 Å². The third kappa shape index (κ3) is 12.0. The van der Waals surface area contributed by atoms with Crippen LogP contribution in [0.1, 0.15) is 22.5 Å². The first-order valence-corrected chi connectivity index (χ1v) is 26.5. The number of methoxy groups -OCH3 is 4. The number of benzene rings is 4. The van der Waals surface area contributed by atoms with Crippen molar-refractivity contribution in [2.75, 3.05) is 90.6 Å². The number of anilines is 2. The maximum absolute atomic E-state index is 13.0. The van der Waals surface area contributed by atoms with Gasteiger partial charge >= 0.3 is 0 Å². The van der Waals surface area contributed by atoms with E-state index in [1.165, 1.54) is 45.0 Å². The fraction of sp³-hybridized carbons (Fsp3) is 0.318. The molecule has 8 rings (SSSR count). The van der Waals surface area contributed by atoms with Gasteiger partial charge in [0.1, 0.15) is 23.0 Å². The van der Waals surface area contributed by atoms with Crippen LogP contribution in [0.2, 0.25) is 20.1 Å². The first-order valence-electron chi connectivity index (χ1n) is 20.3. The second-order valence-electron chi connectivity index (χ2n) is 14.9. The molecule has 2 saturated heterocycles. The summed E-state index contributed by atoms with van der Waals surface area (Å²) in [7, 11) is -0.803. The van der Waals surface area contributed by atoms with Gasteiger partial charge in [0.15, 0.2) is 10.3 Å². The van der Waals surface area contributed by atoms with Crippen LogP contribution in [-0.4, -0.2) is 116 Å². The molecule has 4 heterocycles. The Labute approximate surface area is 413 Å². The molecule has 0 aliphatic carbocycles. The van der Waals surface area contributed by atoms with E-state index in [4.69, 9.17) is 75.3 Å². The summed E-state index contributed by atoms with van der Waals surface area (Å²) in [6.07, 6.45) is 1.24. The van der Waals surface area contributed by atoms with Crippen molar-refractivity contribution in [3.63, 3.8) is 0 Å². The van der Waals surface area contributed by atoms with Gasteiger partial charge < -0.3 is 28.7 Å². The summed E-state index contributed by atoms with van der Waals surface area (Å²) in [4.78, 5) is 14.0. The summed E-state index contributed by atoms with van der Waals surface area (Å²) in [5.41, 5.74) is 3.86. The number of aromatic nitrogens is 2. The summed E-state index contributed by atoms with van der Waals surface area (Å²) in [5.74, 6) is 3.04. The van der Waals surface area contributed by atoms with E-state index in [1.54, 1.807) is 51.1 Å². The first kappa shape index (κ1) is 49.8. The van der Waals surface area contributed by atoms with Crippen molar-refractivity contribution in [2.45, 2.75) is 22.6 Å². The van der Waals surface area contributed by atoms with E-state index in [1.807, 2.05) is 47.2 Å². The van der Waals surface area contributed by atoms with Crippen LogP contribution in [0.4, 0.5) is 10.3 Å². The molecule has 22 heteroatoms. The van der Waals surface area contributed by atoms with E-state index < -0.39 is 20.0 Å². The highest BCUT2D eigenvalue weighted by molar-refractivity contribution is 7.89. The van der Waals surface area contributed by atoms with Gasteiger partial charge in [0.05, 0.1) is 49.6 Å². The van der Waals surface area contributed by atoms with Gasteiger partial charge in [-0.05, 0) is 60.7 Å². The maximum atomic E-state index is 13.0. The smallest absolute Gasteiger partial charge is 0.243 e. The van der Waals surface area contributed by atoms with Gasteiger partial charge in [0, 0.05) is 113 Å². The van der Waals surface area contributed by atoms with Crippen LogP contribution in [0.3, 0.4) is 0 Å². The number of hydrogen-bond acceptors (Lipinski definition) is 14. The molecule has 6 aromatic rings. The van der Waals surface area contributed by atoms with Crippen LogP contribution >= 0.6 is 69.1 Å². The summed E-state index contributed by atoms with van der Waals surface area (Å²) in [5, 5.41) is 6.97. The zero-order valence-corrected chi connectivity index (χ0v) is 42.5. The molecule has 66 heavy (non-hydrogen) atoms. The molecule has 0 unspecified atom stereocenters. The van der Waals surface area contributed by atoms with E-state index in [0.29, 0.717) is 85.3 Å². The summed E-state index contributed by atoms with van der Waals surface area (Å²) < 4.78 is 76.5. The average molecular weight is 1060 g/mol. The van der Waals surface area contributed by atoms with Crippen molar-refractivity contribution in [3.05, 3.63) is 126 Å². The second kappa shape index (κ2) is 21.9. The Kier molecular flexibility index (Phi) is 16.5. The van der Waals surface area contributed by atoms with Crippen molar-refractivity contribution >= 4 is 99.4 Å². The summed E-state index contributed by atoms with van der Waals surface area (Å²) in [6, 6.07) is 20.2. The fourth-order valence-electron chi connectivity index (χ4n) is 7.35. The standard InChI is InChI=1S/2C22H23Cl2N3O4S2/c1-30-19-3-4-21(31-2)15(10-19)9-18-14-32-22(25-18)26-5-7-27(8-6-26)33(28,29)20-12-16(23)11-17(24)13-20;1-30-19-4-3-15(21(13-19)31-2)9-18-14-32-22(25-18)26-5-7-27(8-6-26)33(28,29)20-11-16(23)10-17(24)12-20/h2*3-4,10-14H,5-9H2,1-2H3. The molecular weight excluding hydrogens is 1010 g/mol. The van der Waals surface area contributed by atoms with Gasteiger partial charge in [0.25, 0.3) is 0 Å².